The van der Waals surface area contributed by atoms with Gasteiger partial charge in [-0.15, -0.1) is 0 Å². The number of Topliss-reactive ketones (excluding diaryl/α,β-unsaturated/α-hetero) is 1. The van der Waals surface area contributed by atoms with E-state index in [4.69, 9.17) is 9.47 Å². The number of benzene rings is 2. The Bertz CT molecular complexity index is 1050. The van der Waals surface area contributed by atoms with Gasteiger partial charge in [-0.25, -0.2) is 4.39 Å². The van der Waals surface area contributed by atoms with Crippen LogP contribution in [0.15, 0.2) is 48.0 Å². The highest BCUT2D eigenvalue weighted by atomic mass is 19.1. The van der Waals surface area contributed by atoms with Gasteiger partial charge >= 0.3 is 0 Å². The standard InChI is InChI=1S/C25H29FN2O5/c1-5-32-18-11-12-19(20(15-18)33-6-2)23(29)21-22(16-7-9-17(26)10-8-16)28(14-13-27(3)4)25(31)24(21)30/h7-12,15,22,29H,5-6,13-14H2,1-4H3/b23-21-. The Balaban J connectivity index is 2.17. The molecule has 1 amide bonds. The van der Waals surface area contributed by atoms with Crippen molar-refractivity contribution in [2.45, 2.75) is 19.9 Å². The van der Waals surface area contributed by atoms with Gasteiger partial charge in [-0.2, -0.15) is 0 Å². The lowest BCUT2D eigenvalue weighted by Crippen LogP contribution is -2.35. The van der Waals surface area contributed by atoms with Crippen molar-refractivity contribution in [2.75, 3.05) is 40.4 Å². The van der Waals surface area contributed by atoms with Crippen molar-refractivity contribution in [3.63, 3.8) is 0 Å². The van der Waals surface area contributed by atoms with Crippen molar-refractivity contribution < 1.29 is 28.6 Å². The maximum Gasteiger partial charge on any atom is 0.295 e. The van der Waals surface area contributed by atoms with Crippen LogP contribution in [0.3, 0.4) is 0 Å². The molecular weight excluding hydrogens is 427 g/mol. The number of carbonyl (C=O) groups excluding carboxylic acids is 2. The number of hydrogen-bond donors (Lipinski definition) is 1. The molecule has 0 spiro atoms. The normalized spacial score (nSPS) is 17.6. The Morgan fingerprint density at radius 2 is 1.73 bits per heavy atom. The van der Waals surface area contributed by atoms with Gasteiger partial charge in [-0.3, -0.25) is 9.59 Å². The number of aliphatic hydroxyl groups excluding tert-OH is 1. The first-order chi connectivity index (χ1) is 15.8. The Morgan fingerprint density at radius 3 is 2.33 bits per heavy atom. The number of rotatable bonds is 9. The van der Waals surface area contributed by atoms with E-state index < -0.39 is 23.5 Å². The molecule has 1 fully saturated rings. The van der Waals surface area contributed by atoms with Crippen LogP contribution in [0, 0.1) is 5.82 Å². The van der Waals surface area contributed by atoms with Gasteiger partial charge in [0.25, 0.3) is 11.7 Å². The second-order valence-corrected chi connectivity index (χ2v) is 7.87. The summed E-state index contributed by atoms with van der Waals surface area (Å²) >= 11 is 0. The molecule has 8 heteroatoms. The molecule has 1 heterocycles. The second-order valence-electron chi connectivity index (χ2n) is 7.87. The molecule has 176 valence electrons. The number of likely N-dealkylation sites (N-methyl/N-ethyl adjacent to an activating group) is 1. The number of halogens is 1. The molecule has 2 aromatic rings. The van der Waals surface area contributed by atoms with Crippen molar-refractivity contribution in [2.24, 2.45) is 0 Å². The third-order valence-electron chi connectivity index (χ3n) is 5.33. The molecule has 1 saturated heterocycles. The number of carbonyl (C=O) groups is 2. The van der Waals surface area contributed by atoms with Gasteiger partial charge < -0.3 is 24.4 Å². The van der Waals surface area contributed by atoms with E-state index in [-0.39, 0.29) is 23.4 Å². The maximum atomic E-state index is 13.6. The van der Waals surface area contributed by atoms with E-state index in [1.165, 1.54) is 29.2 Å². The molecule has 2 aromatic carbocycles. The lowest BCUT2D eigenvalue weighted by molar-refractivity contribution is -0.140. The molecule has 1 aliphatic heterocycles. The van der Waals surface area contributed by atoms with E-state index in [1.807, 2.05) is 25.9 Å². The molecule has 33 heavy (non-hydrogen) atoms. The summed E-state index contributed by atoms with van der Waals surface area (Å²) in [5.41, 5.74) is 0.744. The van der Waals surface area contributed by atoms with Crippen molar-refractivity contribution in [1.82, 2.24) is 9.80 Å². The fourth-order valence-electron chi connectivity index (χ4n) is 3.78. The molecule has 1 unspecified atom stereocenters. The third-order valence-corrected chi connectivity index (χ3v) is 5.33. The summed E-state index contributed by atoms with van der Waals surface area (Å²) in [5.74, 6) is -1.40. The number of likely N-dealkylation sites (tertiary alicyclic amines) is 1. The van der Waals surface area contributed by atoms with Crippen molar-refractivity contribution in [3.05, 3.63) is 65.0 Å². The van der Waals surface area contributed by atoms with Crippen LogP contribution in [-0.2, 0) is 9.59 Å². The molecule has 7 nitrogen and oxygen atoms in total. The van der Waals surface area contributed by atoms with E-state index >= 15 is 0 Å². The minimum atomic E-state index is -0.855. The zero-order chi connectivity index (χ0) is 24.1. The van der Waals surface area contributed by atoms with Crippen LogP contribution >= 0.6 is 0 Å². The fourth-order valence-corrected chi connectivity index (χ4v) is 3.78. The number of hydrogen-bond acceptors (Lipinski definition) is 6. The molecular formula is C25H29FN2O5. The van der Waals surface area contributed by atoms with Crippen LogP contribution in [0.2, 0.25) is 0 Å². The first-order valence-corrected chi connectivity index (χ1v) is 10.9. The Morgan fingerprint density at radius 1 is 1.06 bits per heavy atom. The summed E-state index contributed by atoms with van der Waals surface area (Å²) in [6.45, 7) is 5.21. The van der Waals surface area contributed by atoms with Gasteiger partial charge in [0.1, 0.15) is 23.1 Å². The first kappa shape index (κ1) is 24.3. The predicted octanol–water partition coefficient (Wildman–Crippen LogP) is 3.61. The summed E-state index contributed by atoms with van der Waals surface area (Å²) in [6, 6.07) is 9.61. The lowest BCUT2D eigenvalue weighted by atomic mass is 9.95. The van der Waals surface area contributed by atoms with E-state index in [2.05, 4.69) is 0 Å². The third kappa shape index (κ3) is 5.17. The van der Waals surface area contributed by atoms with Gasteiger partial charge in [0.05, 0.1) is 30.4 Å². The number of amides is 1. The maximum absolute atomic E-state index is 13.6. The van der Waals surface area contributed by atoms with Crippen molar-refractivity contribution in [3.8, 4) is 11.5 Å². The average molecular weight is 457 g/mol. The van der Waals surface area contributed by atoms with E-state index in [0.29, 0.717) is 36.8 Å². The Hall–Kier alpha value is -3.39. The van der Waals surface area contributed by atoms with E-state index in [0.717, 1.165) is 0 Å². The summed E-state index contributed by atoms with van der Waals surface area (Å²) in [5, 5.41) is 11.3. The molecule has 0 saturated carbocycles. The van der Waals surface area contributed by atoms with Crippen LogP contribution in [0.25, 0.3) is 5.76 Å². The molecule has 1 N–H and O–H groups in total. The van der Waals surface area contributed by atoms with Crippen LogP contribution < -0.4 is 9.47 Å². The SMILES string of the molecule is CCOc1ccc(/C(O)=C2/C(=O)C(=O)N(CCN(C)C)C2c2ccc(F)cc2)c(OCC)c1. The summed E-state index contributed by atoms with van der Waals surface area (Å²) in [4.78, 5) is 29.4. The second kappa shape index (κ2) is 10.5. The van der Waals surface area contributed by atoms with Crippen LogP contribution in [0.4, 0.5) is 4.39 Å². The fraction of sp³-hybridized carbons (Fsp3) is 0.360. The summed E-state index contributed by atoms with van der Waals surface area (Å²) in [6.07, 6.45) is 0. The zero-order valence-corrected chi connectivity index (χ0v) is 19.3. The van der Waals surface area contributed by atoms with Crippen molar-refractivity contribution in [1.29, 1.82) is 0 Å². The molecule has 1 atom stereocenters. The van der Waals surface area contributed by atoms with Crippen molar-refractivity contribution >= 4 is 17.4 Å². The van der Waals surface area contributed by atoms with Gasteiger partial charge in [-0.05, 0) is 57.8 Å². The minimum Gasteiger partial charge on any atom is -0.507 e. The minimum absolute atomic E-state index is 0.0597. The molecule has 0 bridgehead atoms. The number of ether oxygens (including phenoxy) is 2. The molecule has 0 aromatic heterocycles. The topological polar surface area (TPSA) is 79.3 Å². The molecule has 3 rings (SSSR count). The van der Waals surface area contributed by atoms with Gasteiger partial charge in [0.15, 0.2) is 0 Å². The monoisotopic (exact) mass is 456 g/mol. The van der Waals surface area contributed by atoms with Crippen LogP contribution in [-0.4, -0.2) is 67.0 Å². The largest absolute Gasteiger partial charge is 0.507 e. The zero-order valence-electron chi connectivity index (χ0n) is 19.3. The van der Waals surface area contributed by atoms with Gasteiger partial charge in [0.2, 0.25) is 0 Å². The predicted molar refractivity (Wildman–Crippen MR) is 123 cm³/mol. The number of aliphatic hydroxyl groups is 1. The number of ketones is 1. The first-order valence-electron chi connectivity index (χ1n) is 10.9. The highest BCUT2D eigenvalue weighted by molar-refractivity contribution is 6.46. The van der Waals surface area contributed by atoms with Crippen LogP contribution in [0.5, 0.6) is 11.5 Å². The Kier molecular flexibility index (Phi) is 7.71. The number of nitrogens with zero attached hydrogens (tertiary/aromatic N) is 2. The quantitative estimate of drug-likeness (QED) is 0.353. The average Bonchev–Trinajstić information content (AvgIpc) is 3.03. The van der Waals surface area contributed by atoms with Crippen LogP contribution in [0.1, 0.15) is 31.0 Å². The highest BCUT2D eigenvalue weighted by Gasteiger charge is 2.46. The Labute approximate surface area is 193 Å². The van der Waals surface area contributed by atoms with Gasteiger partial charge in [0, 0.05) is 19.2 Å². The molecule has 1 aliphatic rings. The van der Waals surface area contributed by atoms with Gasteiger partial charge in [-0.1, -0.05) is 12.1 Å². The summed E-state index contributed by atoms with van der Waals surface area (Å²) in [7, 11) is 3.72. The lowest BCUT2D eigenvalue weighted by Gasteiger charge is -2.26. The smallest absolute Gasteiger partial charge is 0.295 e. The summed E-state index contributed by atoms with van der Waals surface area (Å²) < 4.78 is 24.8. The van der Waals surface area contributed by atoms with E-state index in [9.17, 15) is 19.1 Å². The van der Waals surface area contributed by atoms with E-state index in [1.54, 1.807) is 25.1 Å². The molecule has 0 radical (unpaired) electrons. The molecule has 0 aliphatic carbocycles. The highest BCUT2D eigenvalue weighted by Crippen LogP contribution is 2.41.